The van der Waals surface area contributed by atoms with Crippen LogP contribution in [0, 0.1) is 0 Å². The van der Waals surface area contributed by atoms with Crippen LogP contribution in [0.25, 0.3) is 10.8 Å². The van der Waals surface area contributed by atoms with Gasteiger partial charge in [-0.15, -0.1) is 11.8 Å². The van der Waals surface area contributed by atoms with Crippen molar-refractivity contribution in [2.45, 2.75) is 30.0 Å². The van der Waals surface area contributed by atoms with Gasteiger partial charge in [0.1, 0.15) is 0 Å². The fraction of sp³-hybridized carbons (Fsp3) is 0.190. The Morgan fingerprint density at radius 3 is 2.48 bits per heavy atom. The highest BCUT2D eigenvalue weighted by atomic mass is 35.5. The number of amides is 1. The zero-order chi connectivity index (χ0) is 17.6. The van der Waals surface area contributed by atoms with Gasteiger partial charge in [0, 0.05) is 16.5 Å². The van der Waals surface area contributed by atoms with Crippen LogP contribution in [0.5, 0.6) is 0 Å². The molecule has 128 valence electrons. The largest absolute Gasteiger partial charge is 0.351 e. The molecule has 0 aromatic heterocycles. The summed E-state index contributed by atoms with van der Waals surface area (Å²) in [6, 6.07) is 22.1. The number of hydrogen-bond acceptors (Lipinski definition) is 2. The van der Waals surface area contributed by atoms with Crippen LogP contribution in [0.4, 0.5) is 0 Å². The molecule has 0 aliphatic carbocycles. The Bertz CT molecular complexity index is 863. The van der Waals surface area contributed by atoms with E-state index in [2.05, 4.69) is 35.6 Å². The molecule has 1 amide bonds. The summed E-state index contributed by atoms with van der Waals surface area (Å²) in [6.45, 7) is 2.57. The molecule has 25 heavy (non-hydrogen) atoms. The quantitative estimate of drug-likeness (QED) is 0.566. The van der Waals surface area contributed by atoms with Gasteiger partial charge < -0.3 is 5.32 Å². The van der Waals surface area contributed by atoms with Crippen molar-refractivity contribution in [2.24, 2.45) is 0 Å². The minimum absolute atomic E-state index is 0.0654. The highest BCUT2D eigenvalue weighted by Gasteiger charge is 2.17. The molecule has 0 saturated heterocycles. The van der Waals surface area contributed by atoms with Gasteiger partial charge in [-0.25, -0.2) is 0 Å². The summed E-state index contributed by atoms with van der Waals surface area (Å²) in [5, 5.41) is 6.06. The van der Waals surface area contributed by atoms with Gasteiger partial charge in [-0.05, 0) is 53.1 Å². The Hall–Kier alpha value is -1.97. The van der Waals surface area contributed by atoms with Crippen LogP contribution in [-0.2, 0) is 11.3 Å². The molecule has 0 aliphatic heterocycles. The number of benzene rings is 3. The SMILES string of the molecule is CCC(Sc1ccc(Cl)cc1)C(=O)NCc1ccc2ccccc2c1. The van der Waals surface area contributed by atoms with Gasteiger partial charge in [0.2, 0.25) is 5.91 Å². The van der Waals surface area contributed by atoms with Gasteiger partial charge in [0.05, 0.1) is 5.25 Å². The van der Waals surface area contributed by atoms with Gasteiger partial charge in [-0.1, -0.05) is 54.9 Å². The molecule has 3 rings (SSSR count). The lowest BCUT2D eigenvalue weighted by molar-refractivity contribution is -0.120. The molecule has 0 radical (unpaired) electrons. The van der Waals surface area contributed by atoms with E-state index in [1.165, 1.54) is 10.8 Å². The van der Waals surface area contributed by atoms with Gasteiger partial charge in [0.15, 0.2) is 0 Å². The van der Waals surface area contributed by atoms with Crippen LogP contribution in [-0.4, -0.2) is 11.2 Å². The standard InChI is InChI=1S/C21H20ClNOS/c1-2-20(25-19-11-9-18(22)10-12-19)21(24)23-14-15-7-8-16-5-3-4-6-17(16)13-15/h3-13,20H,2,14H2,1H3,(H,23,24). The van der Waals surface area contributed by atoms with E-state index in [9.17, 15) is 4.79 Å². The van der Waals surface area contributed by atoms with E-state index in [1.54, 1.807) is 11.8 Å². The first kappa shape index (κ1) is 17.8. The molecule has 4 heteroatoms. The first-order valence-corrected chi connectivity index (χ1v) is 9.59. The summed E-state index contributed by atoms with van der Waals surface area (Å²) in [6.07, 6.45) is 0.775. The Balaban J connectivity index is 1.62. The van der Waals surface area contributed by atoms with Crippen LogP contribution in [0.2, 0.25) is 5.02 Å². The summed E-state index contributed by atoms with van der Waals surface area (Å²) in [4.78, 5) is 13.6. The van der Waals surface area contributed by atoms with Crippen LogP contribution in [0.1, 0.15) is 18.9 Å². The maximum Gasteiger partial charge on any atom is 0.233 e. The van der Waals surface area contributed by atoms with Crippen LogP contribution in [0.15, 0.2) is 71.6 Å². The second-order valence-electron chi connectivity index (χ2n) is 5.87. The molecule has 1 unspecified atom stereocenters. The third-order valence-corrected chi connectivity index (χ3v) is 5.66. The number of thioether (sulfide) groups is 1. The summed E-state index contributed by atoms with van der Waals surface area (Å²) < 4.78 is 0. The first-order valence-electron chi connectivity index (χ1n) is 8.33. The fourth-order valence-electron chi connectivity index (χ4n) is 2.65. The van der Waals surface area contributed by atoms with Crippen molar-refractivity contribution in [1.82, 2.24) is 5.32 Å². The lowest BCUT2D eigenvalue weighted by Crippen LogP contribution is -2.31. The topological polar surface area (TPSA) is 29.1 Å². The molecule has 0 aliphatic rings. The molecule has 1 N–H and O–H groups in total. The minimum atomic E-state index is -0.110. The predicted octanol–water partition coefficient (Wildman–Crippen LogP) is 5.68. The van der Waals surface area contributed by atoms with E-state index < -0.39 is 0 Å². The number of fused-ring (bicyclic) bond motifs is 1. The summed E-state index contributed by atoms with van der Waals surface area (Å²) in [5.41, 5.74) is 1.11. The molecule has 0 bridgehead atoms. The van der Waals surface area contributed by atoms with Crippen LogP contribution >= 0.6 is 23.4 Å². The molecular weight excluding hydrogens is 350 g/mol. The zero-order valence-corrected chi connectivity index (χ0v) is 15.6. The summed E-state index contributed by atoms with van der Waals surface area (Å²) in [7, 11) is 0. The van der Waals surface area contributed by atoms with Crippen LogP contribution < -0.4 is 5.32 Å². The molecule has 3 aromatic rings. The molecule has 0 spiro atoms. The van der Waals surface area contributed by atoms with Crippen LogP contribution in [0.3, 0.4) is 0 Å². The number of rotatable bonds is 6. The van der Waals surface area contributed by atoms with Gasteiger partial charge in [0.25, 0.3) is 0 Å². The molecule has 0 heterocycles. The second kappa shape index (κ2) is 8.41. The van der Waals surface area contributed by atoms with Crippen molar-refractivity contribution in [2.75, 3.05) is 0 Å². The highest BCUT2D eigenvalue weighted by Crippen LogP contribution is 2.27. The third kappa shape index (κ3) is 4.77. The Labute approximate surface area is 157 Å². The average Bonchev–Trinajstić information content (AvgIpc) is 2.65. The van der Waals surface area contributed by atoms with Crippen molar-refractivity contribution in [3.05, 3.63) is 77.3 Å². The predicted molar refractivity (Wildman–Crippen MR) is 107 cm³/mol. The van der Waals surface area contributed by atoms with Crippen molar-refractivity contribution in [3.63, 3.8) is 0 Å². The van der Waals surface area contributed by atoms with E-state index in [0.717, 1.165) is 16.9 Å². The van der Waals surface area contributed by atoms with Gasteiger partial charge in [-0.3, -0.25) is 4.79 Å². The Morgan fingerprint density at radius 2 is 1.76 bits per heavy atom. The Morgan fingerprint density at radius 1 is 1.04 bits per heavy atom. The molecule has 1 atom stereocenters. The van der Waals surface area contributed by atoms with E-state index in [0.29, 0.717) is 11.6 Å². The average molecular weight is 370 g/mol. The van der Waals surface area contributed by atoms with Crippen molar-refractivity contribution in [1.29, 1.82) is 0 Å². The number of halogens is 1. The maximum atomic E-state index is 12.5. The van der Waals surface area contributed by atoms with Crippen molar-refractivity contribution in [3.8, 4) is 0 Å². The number of carbonyl (C=O) groups is 1. The van der Waals surface area contributed by atoms with Gasteiger partial charge in [-0.2, -0.15) is 0 Å². The minimum Gasteiger partial charge on any atom is -0.351 e. The molecular formula is C21H20ClNOS. The maximum absolute atomic E-state index is 12.5. The zero-order valence-electron chi connectivity index (χ0n) is 14.0. The van der Waals surface area contributed by atoms with E-state index in [-0.39, 0.29) is 11.2 Å². The van der Waals surface area contributed by atoms with Gasteiger partial charge >= 0.3 is 0 Å². The number of carbonyl (C=O) groups excluding carboxylic acids is 1. The fourth-order valence-corrected chi connectivity index (χ4v) is 3.76. The molecule has 2 nitrogen and oxygen atoms in total. The lowest BCUT2D eigenvalue weighted by atomic mass is 10.1. The van der Waals surface area contributed by atoms with Crippen molar-refractivity contribution < 1.29 is 4.79 Å². The highest BCUT2D eigenvalue weighted by molar-refractivity contribution is 8.00. The molecule has 0 fully saturated rings. The Kier molecular flexibility index (Phi) is 6.00. The molecule has 0 saturated carbocycles. The third-order valence-electron chi connectivity index (χ3n) is 4.04. The van der Waals surface area contributed by atoms with E-state index in [1.807, 2.05) is 43.3 Å². The van der Waals surface area contributed by atoms with E-state index >= 15 is 0 Å². The molecule has 3 aromatic carbocycles. The van der Waals surface area contributed by atoms with Crippen molar-refractivity contribution >= 4 is 40.0 Å². The summed E-state index contributed by atoms with van der Waals surface area (Å²) >= 11 is 7.49. The second-order valence-corrected chi connectivity index (χ2v) is 7.58. The normalized spacial score (nSPS) is 12.1. The number of nitrogens with one attached hydrogen (secondary N) is 1. The lowest BCUT2D eigenvalue weighted by Gasteiger charge is -2.15. The van der Waals surface area contributed by atoms with E-state index in [4.69, 9.17) is 11.6 Å². The monoisotopic (exact) mass is 369 g/mol. The summed E-state index contributed by atoms with van der Waals surface area (Å²) in [5.74, 6) is 0.0654. The first-order chi connectivity index (χ1) is 12.2. The number of hydrogen-bond donors (Lipinski definition) is 1. The smallest absolute Gasteiger partial charge is 0.233 e.